The van der Waals surface area contributed by atoms with E-state index >= 15 is 0 Å². The Balaban J connectivity index is 1.70. The second-order valence-electron chi connectivity index (χ2n) is 7.79. The van der Waals surface area contributed by atoms with E-state index in [2.05, 4.69) is 10.7 Å². The summed E-state index contributed by atoms with van der Waals surface area (Å²) in [5, 5.41) is 2.91. The molecule has 1 heterocycles. The number of amides is 2. The smallest absolute Gasteiger partial charge is 0.304 e. The average molecular weight is 445 g/mol. The van der Waals surface area contributed by atoms with E-state index in [4.69, 9.17) is 9.47 Å². The van der Waals surface area contributed by atoms with E-state index in [-0.39, 0.29) is 11.8 Å². The number of para-hydroxylation sites is 1. The van der Waals surface area contributed by atoms with E-state index in [0.717, 1.165) is 16.7 Å². The van der Waals surface area contributed by atoms with Crippen LogP contribution < -0.4 is 20.2 Å². The number of hydrogen-bond acceptors (Lipinski definition) is 4. The molecule has 2 N–H and O–H groups in total. The van der Waals surface area contributed by atoms with E-state index in [0.29, 0.717) is 17.1 Å². The van der Waals surface area contributed by atoms with Crippen molar-refractivity contribution >= 4 is 18.0 Å². The number of ether oxygens (including phenoxy) is 2. The highest BCUT2D eigenvalue weighted by Crippen LogP contribution is 2.27. The number of carbonyl (C=O) groups excluding carboxylic acids is 2. The lowest BCUT2D eigenvalue weighted by atomic mass is 9.98. The summed E-state index contributed by atoms with van der Waals surface area (Å²) in [5.41, 5.74) is 6.14. The van der Waals surface area contributed by atoms with Crippen LogP contribution in [0.25, 0.3) is 0 Å². The van der Waals surface area contributed by atoms with Gasteiger partial charge in [-0.05, 0) is 43.3 Å². The van der Waals surface area contributed by atoms with Crippen molar-refractivity contribution in [2.75, 3.05) is 14.2 Å². The van der Waals surface area contributed by atoms with E-state index in [1.165, 1.54) is 0 Å². The lowest BCUT2D eigenvalue weighted by Crippen LogP contribution is -2.42. The zero-order valence-electron chi connectivity index (χ0n) is 18.7. The molecule has 33 heavy (non-hydrogen) atoms. The van der Waals surface area contributed by atoms with Crippen molar-refractivity contribution in [3.63, 3.8) is 0 Å². The zero-order chi connectivity index (χ0) is 23.4. The monoisotopic (exact) mass is 444 g/mol. The van der Waals surface area contributed by atoms with Crippen LogP contribution in [-0.4, -0.2) is 43.0 Å². The van der Waals surface area contributed by atoms with Crippen LogP contribution in [0.1, 0.15) is 33.1 Å². The van der Waals surface area contributed by atoms with Gasteiger partial charge < -0.3 is 14.8 Å². The van der Waals surface area contributed by atoms with Crippen molar-refractivity contribution in [2.24, 2.45) is 0 Å². The van der Waals surface area contributed by atoms with Crippen molar-refractivity contribution in [2.45, 2.75) is 19.0 Å². The molecule has 0 aromatic heterocycles. The third kappa shape index (κ3) is 4.72. The fourth-order valence-corrected chi connectivity index (χ4v) is 3.83. The summed E-state index contributed by atoms with van der Waals surface area (Å²) in [4.78, 5) is 26.0. The molecule has 2 atom stereocenters. The molecule has 1 fully saturated rings. The summed E-state index contributed by atoms with van der Waals surface area (Å²) in [6.45, 7) is 2.00. The average Bonchev–Trinajstić information content (AvgIpc) is 3.14. The summed E-state index contributed by atoms with van der Waals surface area (Å²) in [5.74, 6) is 0.697. The molecule has 0 aliphatic carbocycles. The van der Waals surface area contributed by atoms with Crippen LogP contribution in [0, 0.1) is 6.92 Å². The Morgan fingerprint density at radius 2 is 1.67 bits per heavy atom. The van der Waals surface area contributed by atoms with Gasteiger partial charge in [-0.1, -0.05) is 42.0 Å². The molecule has 0 radical (unpaired) electrons. The standard InChI is InChI=1S/C26H25N3O4/c1-17-8-10-18(11-9-17)24-23(27-25(30)19-12-14-21(32-2)15-13-19)26(31)28-29(24)16-20-6-4-5-7-22(20)33-3/h4-16,23-24H,1-3H3,(H-,27,28,30,31)/p+1/b29-16-/t23-,24+/m0/s1. The molecule has 7 nitrogen and oxygen atoms in total. The van der Waals surface area contributed by atoms with Gasteiger partial charge in [-0.3, -0.25) is 9.59 Å². The van der Waals surface area contributed by atoms with E-state index in [1.807, 2.05) is 61.7 Å². The molecule has 3 aromatic carbocycles. The van der Waals surface area contributed by atoms with E-state index in [1.54, 1.807) is 43.2 Å². The van der Waals surface area contributed by atoms with Gasteiger partial charge in [-0.15, -0.1) is 10.1 Å². The van der Waals surface area contributed by atoms with E-state index in [9.17, 15) is 9.59 Å². The Morgan fingerprint density at radius 3 is 2.33 bits per heavy atom. The number of rotatable bonds is 6. The third-order valence-electron chi connectivity index (χ3n) is 5.61. The maximum absolute atomic E-state index is 13.0. The maximum Gasteiger partial charge on any atom is 0.304 e. The molecule has 2 amide bonds. The molecule has 1 aliphatic heterocycles. The van der Waals surface area contributed by atoms with Gasteiger partial charge in [0.05, 0.1) is 19.8 Å². The quantitative estimate of drug-likeness (QED) is 0.573. The lowest BCUT2D eigenvalue weighted by molar-refractivity contribution is -0.596. The lowest BCUT2D eigenvalue weighted by Gasteiger charge is -2.15. The van der Waals surface area contributed by atoms with Crippen LogP contribution in [-0.2, 0) is 4.79 Å². The fraction of sp³-hybridized carbons (Fsp3) is 0.192. The Bertz CT molecular complexity index is 1190. The molecule has 3 aromatic rings. The first-order chi connectivity index (χ1) is 16.0. The predicted octanol–water partition coefficient (Wildman–Crippen LogP) is 3.03. The van der Waals surface area contributed by atoms with Crippen LogP contribution in [0.15, 0.2) is 72.8 Å². The first kappa shape index (κ1) is 22.1. The molecule has 0 unspecified atom stereocenters. The molecular weight excluding hydrogens is 418 g/mol. The largest absolute Gasteiger partial charge is 0.497 e. The van der Waals surface area contributed by atoms with Gasteiger partial charge in [0.1, 0.15) is 11.5 Å². The van der Waals surface area contributed by atoms with Gasteiger partial charge in [0.15, 0.2) is 6.04 Å². The molecule has 4 rings (SSSR count). The van der Waals surface area contributed by atoms with Gasteiger partial charge in [-0.25, -0.2) is 0 Å². The van der Waals surface area contributed by atoms with Crippen molar-refractivity contribution in [3.8, 4) is 11.5 Å². The van der Waals surface area contributed by atoms with Crippen molar-refractivity contribution in [1.82, 2.24) is 10.7 Å². The number of benzene rings is 3. The van der Waals surface area contributed by atoms with Crippen LogP contribution in [0.2, 0.25) is 0 Å². The van der Waals surface area contributed by atoms with Gasteiger partial charge in [-0.2, -0.15) is 0 Å². The van der Waals surface area contributed by atoms with Gasteiger partial charge in [0.25, 0.3) is 5.91 Å². The number of aryl methyl sites for hydroxylation is 1. The van der Waals surface area contributed by atoms with Gasteiger partial charge in [0.2, 0.25) is 12.3 Å². The number of carbonyl (C=O) groups is 2. The first-order valence-corrected chi connectivity index (χ1v) is 10.6. The Morgan fingerprint density at radius 1 is 0.970 bits per heavy atom. The summed E-state index contributed by atoms with van der Waals surface area (Å²) < 4.78 is 12.3. The number of methoxy groups -OCH3 is 2. The minimum absolute atomic E-state index is 0.298. The highest BCUT2D eigenvalue weighted by molar-refractivity contribution is 5.98. The zero-order valence-corrected chi connectivity index (χ0v) is 18.7. The molecule has 0 bridgehead atoms. The minimum atomic E-state index is -0.798. The number of hydrazine groups is 1. The van der Waals surface area contributed by atoms with Gasteiger partial charge >= 0.3 is 5.91 Å². The van der Waals surface area contributed by atoms with Crippen LogP contribution in [0.5, 0.6) is 11.5 Å². The van der Waals surface area contributed by atoms with Gasteiger partial charge in [0, 0.05) is 11.1 Å². The maximum atomic E-state index is 13.0. The Kier molecular flexibility index (Phi) is 6.40. The predicted molar refractivity (Wildman–Crippen MR) is 125 cm³/mol. The van der Waals surface area contributed by atoms with Crippen molar-refractivity contribution in [1.29, 1.82) is 0 Å². The molecule has 168 valence electrons. The molecule has 1 saturated heterocycles. The van der Waals surface area contributed by atoms with Crippen molar-refractivity contribution in [3.05, 3.63) is 95.1 Å². The summed E-state index contributed by atoms with van der Waals surface area (Å²) in [6, 6.07) is 21.0. The summed E-state index contributed by atoms with van der Waals surface area (Å²) in [6.07, 6.45) is 1.82. The topological polar surface area (TPSA) is 79.7 Å². The molecule has 7 heteroatoms. The summed E-state index contributed by atoms with van der Waals surface area (Å²) in [7, 11) is 3.17. The highest BCUT2D eigenvalue weighted by atomic mass is 16.5. The first-order valence-electron chi connectivity index (χ1n) is 10.6. The molecular formula is C26H26N3O4+. The number of nitrogens with one attached hydrogen (secondary N) is 2. The Labute approximate surface area is 192 Å². The second kappa shape index (κ2) is 9.56. The molecule has 0 spiro atoms. The number of nitrogens with zero attached hydrogens (tertiary/aromatic N) is 1. The van der Waals surface area contributed by atoms with E-state index < -0.39 is 12.1 Å². The number of hydrazone groups is 1. The van der Waals surface area contributed by atoms with Crippen LogP contribution >= 0.6 is 0 Å². The normalized spacial score (nSPS) is 18.6. The molecule has 0 saturated carbocycles. The minimum Gasteiger partial charge on any atom is -0.497 e. The van der Waals surface area contributed by atoms with Crippen LogP contribution in [0.3, 0.4) is 0 Å². The van der Waals surface area contributed by atoms with Crippen molar-refractivity contribution < 1.29 is 23.7 Å². The Hall–Kier alpha value is -4.13. The third-order valence-corrected chi connectivity index (χ3v) is 5.61. The van der Waals surface area contributed by atoms with Crippen LogP contribution in [0.4, 0.5) is 0 Å². The molecule has 1 aliphatic rings. The fourth-order valence-electron chi connectivity index (χ4n) is 3.83. The number of hydrogen-bond donors (Lipinski definition) is 2. The summed E-state index contributed by atoms with van der Waals surface area (Å²) >= 11 is 0. The second-order valence-corrected chi connectivity index (χ2v) is 7.79. The SMILES string of the molecule is COc1ccc(C(=O)N[C@@H]2C(=O)N/[N+](=C\c3ccccc3OC)[C@@H]2c2ccc(C)cc2)cc1. The highest BCUT2D eigenvalue weighted by Gasteiger charge is 2.47.